The van der Waals surface area contributed by atoms with Crippen LogP contribution >= 0.6 is 0 Å². The van der Waals surface area contributed by atoms with Crippen molar-refractivity contribution in [2.24, 2.45) is 46.3 Å². The van der Waals surface area contributed by atoms with E-state index in [4.69, 9.17) is 4.74 Å². The Morgan fingerprint density at radius 3 is 1.63 bits per heavy atom. The Balaban J connectivity index is 0.000000334. The summed E-state index contributed by atoms with van der Waals surface area (Å²) >= 11 is 0. The molecule has 4 rings (SSSR count). The van der Waals surface area contributed by atoms with Gasteiger partial charge in [0.15, 0.2) is 0 Å². The highest BCUT2D eigenvalue weighted by molar-refractivity contribution is 5.69. The fourth-order valence-corrected chi connectivity index (χ4v) is 13.5. The predicted octanol–water partition coefficient (Wildman–Crippen LogP) is 18.9. The minimum Gasteiger partial charge on any atom is -0.466 e. The monoisotopic (exact) mass is 867 g/mol. The van der Waals surface area contributed by atoms with E-state index in [1.807, 2.05) is 0 Å². The molecule has 0 aliphatic heterocycles. The molecule has 0 spiro atoms. The van der Waals surface area contributed by atoms with Crippen molar-refractivity contribution in [3.8, 4) is 0 Å². The van der Waals surface area contributed by atoms with Gasteiger partial charge in [0.1, 0.15) is 0 Å². The van der Waals surface area contributed by atoms with E-state index in [2.05, 4.69) is 54.5 Å². The summed E-state index contributed by atoms with van der Waals surface area (Å²) in [5.74, 6) is 5.48. The molecule has 3 fully saturated rings. The van der Waals surface area contributed by atoms with Gasteiger partial charge in [0.25, 0.3) is 0 Å². The molecule has 4 aliphatic rings. The van der Waals surface area contributed by atoms with E-state index < -0.39 is 0 Å². The fourth-order valence-electron chi connectivity index (χ4n) is 13.5. The second kappa shape index (κ2) is 32.8. The maximum Gasteiger partial charge on any atom is 0.305 e. The van der Waals surface area contributed by atoms with Crippen LogP contribution in [0.4, 0.5) is 0 Å². The molecule has 3 nitrogen and oxygen atoms in total. The Labute approximate surface area is 388 Å². The highest BCUT2D eigenvalue weighted by atomic mass is 16.5. The van der Waals surface area contributed by atoms with E-state index in [9.17, 15) is 9.90 Å². The van der Waals surface area contributed by atoms with Crippen LogP contribution in [0.2, 0.25) is 0 Å². The summed E-state index contributed by atoms with van der Waals surface area (Å²) in [6.07, 6.45) is 54.3. The van der Waals surface area contributed by atoms with Crippen LogP contribution in [0.1, 0.15) is 299 Å². The minimum absolute atomic E-state index is 0.0257. The average Bonchev–Trinajstić information content (AvgIpc) is 3.61. The molecule has 4 aliphatic carbocycles. The number of carbonyl (C=O) groups is 1. The van der Waals surface area contributed by atoms with Gasteiger partial charge in [0.2, 0.25) is 0 Å². The Kier molecular flexibility index (Phi) is 29.3. The lowest BCUT2D eigenvalue weighted by Gasteiger charge is -2.58. The molecule has 3 heteroatoms. The molecular formula is C59H110O3. The van der Waals surface area contributed by atoms with Crippen molar-refractivity contribution >= 4 is 5.97 Å². The summed E-state index contributed by atoms with van der Waals surface area (Å²) in [7, 11) is 0. The molecule has 0 aromatic rings. The quantitative estimate of drug-likeness (QED) is 0.0398. The van der Waals surface area contributed by atoms with Crippen LogP contribution in [-0.2, 0) is 9.53 Å². The molecule has 0 radical (unpaired) electrons. The normalized spacial score (nSPS) is 27.2. The van der Waals surface area contributed by atoms with Crippen molar-refractivity contribution in [1.29, 1.82) is 0 Å². The van der Waals surface area contributed by atoms with Crippen molar-refractivity contribution in [3.05, 3.63) is 11.6 Å². The maximum atomic E-state index is 11.9. The molecule has 0 heterocycles. The lowest BCUT2D eigenvalue weighted by Crippen LogP contribution is -2.50. The third kappa shape index (κ3) is 20.4. The van der Waals surface area contributed by atoms with Crippen molar-refractivity contribution in [2.75, 3.05) is 6.61 Å². The summed E-state index contributed by atoms with van der Waals surface area (Å²) in [4.78, 5) is 11.9. The van der Waals surface area contributed by atoms with E-state index in [-0.39, 0.29) is 12.1 Å². The molecule has 364 valence electrons. The van der Waals surface area contributed by atoms with Gasteiger partial charge < -0.3 is 9.84 Å². The highest BCUT2D eigenvalue weighted by Gasteiger charge is 2.59. The van der Waals surface area contributed by atoms with Gasteiger partial charge >= 0.3 is 5.97 Å². The number of fused-ring (bicyclic) bond motifs is 5. The topological polar surface area (TPSA) is 46.5 Å². The summed E-state index contributed by atoms with van der Waals surface area (Å²) in [5.41, 5.74) is 2.60. The SMILES string of the molecule is CC(C)CCC[C@@H](C)[C@H]1CC[C@H]2[C@@H]3CC=C4CC(O)CC[C@]4(C)[C@H]3CC[C@]12C.CCCCCCCCCCCCCCCCOC(=O)CCCCCCCCCCCCCCC. The Morgan fingerprint density at radius 2 is 1.11 bits per heavy atom. The molecule has 0 bridgehead atoms. The van der Waals surface area contributed by atoms with E-state index in [0.717, 1.165) is 61.2 Å². The minimum atomic E-state index is -0.0766. The van der Waals surface area contributed by atoms with Gasteiger partial charge in [-0.25, -0.2) is 0 Å². The predicted molar refractivity (Wildman–Crippen MR) is 271 cm³/mol. The van der Waals surface area contributed by atoms with Gasteiger partial charge in [-0.1, -0.05) is 240 Å². The van der Waals surface area contributed by atoms with Crippen LogP contribution in [0.25, 0.3) is 0 Å². The lowest BCUT2D eigenvalue weighted by atomic mass is 9.47. The molecule has 8 atom stereocenters. The first-order valence-corrected chi connectivity index (χ1v) is 28.6. The van der Waals surface area contributed by atoms with Crippen LogP contribution < -0.4 is 0 Å². The van der Waals surface area contributed by atoms with Gasteiger partial charge in [-0.05, 0) is 111 Å². The third-order valence-corrected chi connectivity index (χ3v) is 17.5. The maximum absolute atomic E-state index is 11.9. The molecule has 3 saturated carbocycles. The number of aliphatic hydroxyl groups is 1. The summed E-state index contributed by atoms with van der Waals surface area (Å²) in [6, 6.07) is 0. The average molecular weight is 868 g/mol. The zero-order valence-electron chi connectivity index (χ0n) is 43.2. The number of hydrogen-bond donors (Lipinski definition) is 1. The zero-order chi connectivity index (χ0) is 44.9. The first-order valence-electron chi connectivity index (χ1n) is 28.6. The van der Waals surface area contributed by atoms with Crippen molar-refractivity contribution < 1.29 is 14.6 Å². The smallest absolute Gasteiger partial charge is 0.305 e. The van der Waals surface area contributed by atoms with Crippen molar-refractivity contribution in [3.63, 3.8) is 0 Å². The Hall–Kier alpha value is -0.830. The molecule has 1 unspecified atom stereocenters. The largest absolute Gasteiger partial charge is 0.466 e. The van der Waals surface area contributed by atoms with E-state index in [0.29, 0.717) is 23.9 Å². The molecule has 0 aromatic carbocycles. The van der Waals surface area contributed by atoms with Gasteiger partial charge in [0.05, 0.1) is 12.7 Å². The van der Waals surface area contributed by atoms with Gasteiger partial charge in [-0.3, -0.25) is 4.79 Å². The van der Waals surface area contributed by atoms with E-state index in [1.54, 1.807) is 5.57 Å². The molecule has 0 aromatic heterocycles. The van der Waals surface area contributed by atoms with Crippen LogP contribution in [0, 0.1) is 46.3 Å². The fraction of sp³-hybridized carbons (Fsp3) is 0.949. The van der Waals surface area contributed by atoms with Gasteiger partial charge in [0, 0.05) is 6.42 Å². The summed E-state index contributed by atoms with van der Waals surface area (Å²) in [5, 5.41) is 10.2. The Morgan fingerprint density at radius 1 is 0.613 bits per heavy atom. The molecule has 62 heavy (non-hydrogen) atoms. The summed E-state index contributed by atoms with van der Waals surface area (Å²) in [6.45, 7) is 17.8. The van der Waals surface area contributed by atoms with Gasteiger partial charge in [-0.2, -0.15) is 0 Å². The summed E-state index contributed by atoms with van der Waals surface area (Å²) < 4.78 is 5.42. The number of esters is 1. The first-order chi connectivity index (χ1) is 30.1. The Bertz CT molecular complexity index is 1140. The number of aliphatic hydroxyl groups excluding tert-OH is 1. The van der Waals surface area contributed by atoms with Crippen molar-refractivity contribution in [2.45, 2.75) is 305 Å². The number of rotatable bonds is 34. The second-order valence-corrected chi connectivity index (χ2v) is 23.0. The van der Waals surface area contributed by atoms with Gasteiger partial charge in [-0.15, -0.1) is 0 Å². The number of hydrogen-bond acceptors (Lipinski definition) is 3. The van der Waals surface area contributed by atoms with Crippen LogP contribution in [0.5, 0.6) is 0 Å². The third-order valence-electron chi connectivity index (χ3n) is 17.5. The number of ether oxygens (including phenoxy) is 1. The van der Waals surface area contributed by atoms with Crippen LogP contribution in [0.15, 0.2) is 11.6 Å². The molecular weight excluding hydrogens is 757 g/mol. The molecule has 1 N–H and O–H groups in total. The van der Waals surface area contributed by atoms with E-state index in [1.165, 1.54) is 218 Å². The van der Waals surface area contributed by atoms with Crippen LogP contribution in [-0.4, -0.2) is 23.8 Å². The number of allylic oxidation sites excluding steroid dienone is 1. The lowest BCUT2D eigenvalue weighted by molar-refractivity contribution is -0.143. The second-order valence-electron chi connectivity index (χ2n) is 23.0. The zero-order valence-corrected chi connectivity index (χ0v) is 43.2. The highest BCUT2D eigenvalue weighted by Crippen LogP contribution is 2.67. The standard InChI is InChI=1S/C32H64O2.C27H46O/c1-3-5-7-9-11-13-15-17-19-21-23-25-27-29-31-34-32(33)30-28-26-24-22-20-18-16-14-12-10-8-6-4-2;1-18(2)7-6-8-19(3)23-11-12-24-22-10-9-20-17-21(28)13-15-26(20,4)25(22)14-16-27(23,24)5/h3-31H2,1-2H3;9,18-19,21-25,28H,6-8,10-17H2,1-5H3/t;19-,21?,22+,23-,24+,25+,26+,27-/m.1/s1. The molecule has 0 amide bonds. The van der Waals surface area contributed by atoms with Crippen LogP contribution in [0.3, 0.4) is 0 Å². The number of carbonyl (C=O) groups excluding carboxylic acids is 1. The molecule has 0 saturated heterocycles. The number of unbranched alkanes of at least 4 members (excludes halogenated alkanes) is 25. The van der Waals surface area contributed by atoms with E-state index >= 15 is 0 Å². The van der Waals surface area contributed by atoms with Crippen molar-refractivity contribution in [1.82, 2.24) is 0 Å². The first kappa shape index (κ1) is 55.5.